The number of rotatable bonds is 4. The van der Waals surface area contributed by atoms with Crippen LogP contribution in [0.2, 0.25) is 0 Å². The molecular formula is C9H16N2O2S2. The molecule has 0 aliphatic heterocycles. The lowest BCUT2D eigenvalue weighted by Crippen LogP contribution is -2.28. The topological polar surface area (TPSA) is 73.1 Å². The van der Waals surface area contributed by atoms with E-state index in [0.29, 0.717) is 11.6 Å². The van der Waals surface area contributed by atoms with Gasteiger partial charge in [-0.15, -0.1) is 11.3 Å². The Morgan fingerprint density at radius 2 is 2.13 bits per heavy atom. The number of sulfone groups is 1. The first-order valence-corrected chi connectivity index (χ1v) is 7.51. The Bertz CT molecular complexity index is 435. The number of hydrogen-bond acceptors (Lipinski definition) is 5. The van der Waals surface area contributed by atoms with Crippen molar-refractivity contribution in [2.75, 3.05) is 12.8 Å². The van der Waals surface area contributed by atoms with Crippen LogP contribution in [0.3, 0.4) is 0 Å². The highest BCUT2D eigenvalue weighted by molar-refractivity contribution is 7.90. The van der Waals surface area contributed by atoms with Gasteiger partial charge in [0.05, 0.1) is 5.69 Å². The van der Waals surface area contributed by atoms with Gasteiger partial charge < -0.3 is 5.73 Å². The van der Waals surface area contributed by atoms with Crippen LogP contribution in [-0.2, 0) is 21.0 Å². The van der Waals surface area contributed by atoms with Gasteiger partial charge in [-0.1, -0.05) is 13.8 Å². The van der Waals surface area contributed by atoms with Gasteiger partial charge in [0.15, 0.2) is 9.84 Å². The van der Waals surface area contributed by atoms with Crippen molar-refractivity contribution < 1.29 is 8.42 Å². The summed E-state index contributed by atoms with van der Waals surface area (Å²) in [6, 6.07) is 0. The van der Waals surface area contributed by atoms with Crippen LogP contribution in [0.25, 0.3) is 0 Å². The second kappa shape index (κ2) is 4.19. The molecule has 6 heteroatoms. The molecule has 0 radical (unpaired) electrons. The average molecular weight is 248 g/mol. The van der Waals surface area contributed by atoms with Crippen LogP contribution in [0.5, 0.6) is 0 Å². The molecule has 2 N–H and O–H groups in total. The van der Waals surface area contributed by atoms with E-state index in [1.807, 2.05) is 19.2 Å². The highest BCUT2D eigenvalue weighted by Crippen LogP contribution is 2.24. The molecule has 0 saturated heterocycles. The Hall–Kier alpha value is -0.460. The van der Waals surface area contributed by atoms with Crippen LogP contribution in [-0.4, -0.2) is 26.2 Å². The minimum Gasteiger partial charge on any atom is -0.330 e. The highest BCUT2D eigenvalue weighted by atomic mass is 32.2. The van der Waals surface area contributed by atoms with Crippen molar-refractivity contribution in [2.24, 2.45) is 5.73 Å². The van der Waals surface area contributed by atoms with Crippen LogP contribution in [0, 0.1) is 0 Å². The lowest BCUT2D eigenvalue weighted by Gasteiger charge is -2.19. The zero-order valence-electron chi connectivity index (χ0n) is 9.15. The standard InChI is InChI=1S/C9H16N2O2S2/c1-9(2,6-10)7-4-14-8(11-7)5-15(3,12)13/h4H,5-6,10H2,1-3H3. The van der Waals surface area contributed by atoms with E-state index in [-0.39, 0.29) is 11.2 Å². The summed E-state index contributed by atoms with van der Waals surface area (Å²) in [6.45, 7) is 4.48. The molecule has 0 bridgehead atoms. The third-order valence-corrected chi connectivity index (χ3v) is 3.97. The summed E-state index contributed by atoms with van der Waals surface area (Å²) in [5.74, 6) is 0.0122. The first kappa shape index (κ1) is 12.6. The first-order chi connectivity index (χ1) is 6.74. The summed E-state index contributed by atoms with van der Waals surface area (Å²) in [4.78, 5) is 4.30. The van der Waals surface area contributed by atoms with E-state index in [1.165, 1.54) is 17.6 Å². The maximum absolute atomic E-state index is 11.1. The largest absolute Gasteiger partial charge is 0.330 e. The highest BCUT2D eigenvalue weighted by Gasteiger charge is 2.22. The lowest BCUT2D eigenvalue weighted by molar-refractivity contribution is 0.523. The molecular weight excluding hydrogens is 232 g/mol. The summed E-state index contributed by atoms with van der Waals surface area (Å²) in [5.41, 5.74) is 6.30. The van der Waals surface area contributed by atoms with Gasteiger partial charge in [0.2, 0.25) is 0 Å². The summed E-state index contributed by atoms with van der Waals surface area (Å²) in [5, 5.41) is 2.52. The molecule has 0 spiro atoms. The van der Waals surface area contributed by atoms with Gasteiger partial charge in [-0.3, -0.25) is 0 Å². The molecule has 0 atom stereocenters. The molecule has 1 aromatic heterocycles. The first-order valence-electron chi connectivity index (χ1n) is 4.57. The maximum Gasteiger partial charge on any atom is 0.153 e. The molecule has 0 aliphatic rings. The van der Waals surface area contributed by atoms with Crippen molar-refractivity contribution >= 4 is 21.2 Å². The predicted molar refractivity (Wildman–Crippen MR) is 62.7 cm³/mol. The quantitative estimate of drug-likeness (QED) is 0.860. The maximum atomic E-state index is 11.1. The number of nitrogens with two attached hydrogens (primary N) is 1. The van der Waals surface area contributed by atoms with Crippen LogP contribution >= 0.6 is 11.3 Å². The van der Waals surface area contributed by atoms with Gasteiger partial charge in [0.1, 0.15) is 10.8 Å². The second-order valence-electron chi connectivity index (χ2n) is 4.28. The number of aromatic nitrogens is 1. The molecule has 1 aromatic rings. The predicted octanol–water partition coefficient (Wildman–Crippen LogP) is 0.924. The fourth-order valence-electron chi connectivity index (χ4n) is 1.02. The van der Waals surface area contributed by atoms with Crippen molar-refractivity contribution in [1.82, 2.24) is 4.98 Å². The van der Waals surface area contributed by atoms with Crippen LogP contribution in [0.1, 0.15) is 24.5 Å². The summed E-state index contributed by atoms with van der Waals surface area (Å²) in [6.07, 6.45) is 1.21. The van der Waals surface area contributed by atoms with E-state index >= 15 is 0 Å². The Balaban J connectivity index is 2.91. The fourth-order valence-corrected chi connectivity index (χ4v) is 3.21. The monoisotopic (exact) mass is 248 g/mol. The van der Waals surface area contributed by atoms with Gasteiger partial charge in [-0.05, 0) is 0 Å². The number of thiazole rings is 1. The molecule has 0 amide bonds. The molecule has 15 heavy (non-hydrogen) atoms. The van der Waals surface area contributed by atoms with Crippen molar-refractivity contribution in [2.45, 2.75) is 25.0 Å². The normalized spacial score (nSPS) is 13.1. The van der Waals surface area contributed by atoms with E-state index in [9.17, 15) is 8.42 Å². The van der Waals surface area contributed by atoms with E-state index in [1.54, 1.807) is 0 Å². The van der Waals surface area contributed by atoms with E-state index in [4.69, 9.17) is 5.73 Å². The van der Waals surface area contributed by atoms with E-state index in [0.717, 1.165) is 5.69 Å². The minimum atomic E-state index is -3.00. The third kappa shape index (κ3) is 3.55. The molecule has 0 aliphatic carbocycles. The third-order valence-electron chi connectivity index (χ3n) is 2.14. The molecule has 1 rings (SSSR count). The molecule has 86 valence electrons. The zero-order valence-corrected chi connectivity index (χ0v) is 10.8. The van der Waals surface area contributed by atoms with Crippen molar-refractivity contribution in [1.29, 1.82) is 0 Å². The van der Waals surface area contributed by atoms with E-state index in [2.05, 4.69) is 4.98 Å². The van der Waals surface area contributed by atoms with Gasteiger partial charge in [0.25, 0.3) is 0 Å². The minimum absolute atomic E-state index is 0.0122. The Labute approximate surface area is 94.4 Å². The van der Waals surface area contributed by atoms with Gasteiger partial charge in [-0.25, -0.2) is 13.4 Å². The number of nitrogens with zero attached hydrogens (tertiary/aromatic N) is 1. The van der Waals surface area contributed by atoms with E-state index < -0.39 is 9.84 Å². The average Bonchev–Trinajstić information content (AvgIpc) is 2.50. The smallest absolute Gasteiger partial charge is 0.153 e. The van der Waals surface area contributed by atoms with Crippen molar-refractivity contribution in [3.05, 3.63) is 16.1 Å². The van der Waals surface area contributed by atoms with Crippen molar-refractivity contribution in [3.63, 3.8) is 0 Å². The summed E-state index contributed by atoms with van der Waals surface area (Å²) >= 11 is 1.37. The van der Waals surface area contributed by atoms with Gasteiger partial charge in [-0.2, -0.15) is 0 Å². The molecule has 1 heterocycles. The molecule has 0 fully saturated rings. The van der Waals surface area contributed by atoms with Gasteiger partial charge in [0, 0.05) is 23.6 Å². The summed E-state index contributed by atoms with van der Waals surface area (Å²) in [7, 11) is -3.00. The van der Waals surface area contributed by atoms with Crippen LogP contribution in [0.15, 0.2) is 5.38 Å². The van der Waals surface area contributed by atoms with Crippen molar-refractivity contribution in [3.8, 4) is 0 Å². The molecule has 4 nitrogen and oxygen atoms in total. The second-order valence-corrected chi connectivity index (χ2v) is 7.37. The zero-order chi connectivity index (χ0) is 11.7. The Kier molecular flexibility index (Phi) is 3.52. The fraction of sp³-hybridized carbons (Fsp3) is 0.667. The summed E-state index contributed by atoms with van der Waals surface area (Å²) < 4.78 is 22.1. The van der Waals surface area contributed by atoms with Gasteiger partial charge >= 0.3 is 0 Å². The Morgan fingerprint density at radius 3 is 2.60 bits per heavy atom. The number of hydrogen-bond donors (Lipinski definition) is 1. The molecule has 0 saturated carbocycles. The lowest BCUT2D eigenvalue weighted by atomic mass is 9.90. The molecule has 0 aromatic carbocycles. The van der Waals surface area contributed by atoms with Crippen LogP contribution in [0.4, 0.5) is 0 Å². The molecule has 0 unspecified atom stereocenters. The van der Waals surface area contributed by atoms with Crippen LogP contribution < -0.4 is 5.73 Å². The Morgan fingerprint density at radius 1 is 1.53 bits per heavy atom. The SMILES string of the molecule is CC(C)(CN)c1csc(CS(C)(=O)=O)n1.